The molecule has 1 saturated carbocycles. The van der Waals surface area contributed by atoms with E-state index in [0.717, 1.165) is 33.4 Å². The second-order valence-corrected chi connectivity index (χ2v) is 36.7. The van der Waals surface area contributed by atoms with Crippen LogP contribution in [-0.2, 0) is 120 Å². The van der Waals surface area contributed by atoms with Crippen molar-refractivity contribution in [2.45, 2.75) is 196 Å². The van der Waals surface area contributed by atoms with Gasteiger partial charge in [-0.05, 0) is 120 Å². The van der Waals surface area contributed by atoms with Crippen LogP contribution in [0.5, 0.6) is 5.75 Å². The maximum Gasteiger partial charge on any atom is 0.305 e. The fraction of sp³-hybridized carbons (Fsp3) is 0.449. The van der Waals surface area contributed by atoms with Crippen molar-refractivity contribution in [3.63, 3.8) is 0 Å². The monoisotopic (exact) mass is 1950 g/mol. The number of thioether (sulfide) groups is 1. The molecule has 1 aromatic heterocycles. The molecule has 6 aromatic carbocycles. The minimum atomic E-state index is -1.92. The lowest BCUT2D eigenvalue weighted by atomic mass is 9.98. The van der Waals surface area contributed by atoms with Crippen LogP contribution >= 0.6 is 11.8 Å². The van der Waals surface area contributed by atoms with Gasteiger partial charge in [0.05, 0.1) is 50.1 Å². The second-order valence-electron chi connectivity index (χ2n) is 35.7. The number of phenolic OH excluding ortho intramolecular Hbond substituents is 1. The number of halogens is 4. The molecule has 3 fully saturated rings. The molecule has 41 heteroatoms. The normalized spacial score (nSPS) is 18.0. The highest BCUT2D eigenvalue weighted by molar-refractivity contribution is 8.00. The number of para-hydroxylation sites is 1. The Morgan fingerprint density at radius 2 is 1.13 bits per heavy atom. The number of nitrogens with two attached hydrogens (primary N) is 2. The summed E-state index contributed by atoms with van der Waals surface area (Å²) in [5, 5.41) is 52.5. The van der Waals surface area contributed by atoms with Gasteiger partial charge in [0.15, 0.2) is 23.2 Å². The van der Waals surface area contributed by atoms with Gasteiger partial charge in [0.1, 0.15) is 78.0 Å². The van der Waals surface area contributed by atoms with Crippen LogP contribution in [0.25, 0.3) is 10.9 Å². The number of ketones is 1. The first-order chi connectivity index (χ1) is 66.1. The Labute approximate surface area is 804 Å². The largest absolute Gasteiger partial charge is 0.508 e. The topological polar surface area (TPSA) is 523 Å². The molecule has 2 saturated heterocycles. The highest BCUT2D eigenvalue weighted by Gasteiger charge is 2.49. The number of carboxylic acids is 1. The molecule has 3 aliphatic rings. The van der Waals surface area contributed by atoms with Crippen molar-refractivity contribution >= 4 is 117 Å². The van der Waals surface area contributed by atoms with E-state index in [9.17, 15) is 67.7 Å². The number of primary amides is 1. The number of nitrogens with one attached hydrogen (secondary N) is 9. The van der Waals surface area contributed by atoms with Gasteiger partial charge in [-0.25, -0.2) is 17.6 Å². The molecule has 16 atom stereocenters. The van der Waals surface area contributed by atoms with Crippen molar-refractivity contribution in [1.82, 2.24) is 72.0 Å². The number of fused-ring (bicyclic) bond motifs is 1. The molecular formula is C98H120F4N16O20S. The van der Waals surface area contributed by atoms with Crippen LogP contribution in [0.2, 0.25) is 0 Å². The quantitative estimate of drug-likeness (QED) is 0.0192. The molecule has 139 heavy (non-hydrogen) atoms. The molecule has 746 valence electrons. The Kier molecular flexibility index (Phi) is 38.7. The Bertz CT molecular complexity index is 5570. The first-order valence-corrected chi connectivity index (χ1v) is 46.9. The second kappa shape index (κ2) is 50.1. The third-order valence-electron chi connectivity index (χ3n) is 25.0. The average Bonchev–Trinajstić information content (AvgIpc) is 1.69. The number of aliphatic hydroxyl groups excluding tert-OH is 1. The number of aliphatic hydroxyl groups is 1. The van der Waals surface area contributed by atoms with E-state index in [2.05, 4.69) is 47.5 Å². The maximum atomic E-state index is 15.9. The van der Waals surface area contributed by atoms with E-state index in [4.69, 9.17) is 16.2 Å². The van der Waals surface area contributed by atoms with E-state index >= 15 is 41.9 Å². The summed E-state index contributed by atoms with van der Waals surface area (Å²) in [4.78, 5) is 239. The molecule has 36 nitrogen and oxygen atoms in total. The number of H-pyrrole nitrogens is 1. The van der Waals surface area contributed by atoms with Crippen LogP contribution < -0.4 is 54.0 Å². The van der Waals surface area contributed by atoms with Crippen LogP contribution in [-0.4, -0.2) is 289 Å². The number of carbonyl (C=O) groups excluding carboxylic acids is 15. The smallest absolute Gasteiger partial charge is 0.305 e. The number of benzene rings is 6. The van der Waals surface area contributed by atoms with Crippen LogP contribution in [0.1, 0.15) is 107 Å². The number of hydrogen-bond acceptors (Lipinski definition) is 21. The number of carboxylic acid groups (broad SMARTS) is 1. The molecular weight excluding hydrogens is 1830 g/mol. The Morgan fingerprint density at radius 1 is 0.568 bits per heavy atom. The Hall–Kier alpha value is -13.7. The van der Waals surface area contributed by atoms with Crippen LogP contribution in [0.3, 0.4) is 0 Å². The Morgan fingerprint density at radius 3 is 1.75 bits per heavy atom. The molecule has 0 spiro atoms. The zero-order valence-electron chi connectivity index (χ0n) is 78.3. The first-order valence-electron chi connectivity index (χ1n) is 45.8. The molecule has 10 rings (SSSR count). The van der Waals surface area contributed by atoms with E-state index in [-0.39, 0.29) is 81.3 Å². The number of β-amino-alcohol motifs (C(OH)–C–C–N with tert-alkyl or cyclic N) is 1. The molecule has 16 N–H and O–H groups in total. The fourth-order valence-electron chi connectivity index (χ4n) is 17.1. The van der Waals surface area contributed by atoms with Crippen LogP contribution in [0.4, 0.5) is 17.6 Å². The number of unbranched alkanes of at least 4 members (excludes halogenated alkanes) is 1. The van der Waals surface area contributed by atoms with Gasteiger partial charge in [0.25, 0.3) is 0 Å². The van der Waals surface area contributed by atoms with Crippen molar-refractivity contribution in [2.24, 2.45) is 29.2 Å². The maximum absolute atomic E-state index is 15.9. The summed E-state index contributed by atoms with van der Waals surface area (Å²) < 4.78 is 66.8. The summed E-state index contributed by atoms with van der Waals surface area (Å²) in [6.07, 6.45) is -2.25. The number of nitrogens with zero attached hydrogens (tertiary/aromatic N) is 5. The fourth-order valence-corrected chi connectivity index (χ4v) is 17.9. The van der Waals surface area contributed by atoms with Gasteiger partial charge in [0.2, 0.25) is 82.7 Å². The third kappa shape index (κ3) is 29.5. The number of hydrogen-bond donors (Lipinski definition) is 14. The summed E-state index contributed by atoms with van der Waals surface area (Å²) in [6, 6.07) is 16.4. The van der Waals surface area contributed by atoms with Gasteiger partial charge in [-0.3, -0.25) is 76.7 Å². The Balaban J connectivity index is 0.867. The number of phenols is 1. The van der Waals surface area contributed by atoms with Crippen molar-refractivity contribution < 1.29 is 114 Å². The van der Waals surface area contributed by atoms with Crippen molar-refractivity contribution in [1.29, 1.82) is 0 Å². The van der Waals surface area contributed by atoms with Crippen molar-refractivity contribution in [3.8, 4) is 5.75 Å². The number of carbonyl (C=O) groups is 16. The lowest BCUT2D eigenvalue weighted by molar-refractivity contribution is -0.152. The highest BCUT2D eigenvalue weighted by atomic mass is 32.2. The molecule has 3 heterocycles. The number of aromatic amines is 1. The number of morpholine rings is 1. The zero-order chi connectivity index (χ0) is 101. The van der Waals surface area contributed by atoms with Crippen LogP contribution in [0.15, 0.2) is 152 Å². The zero-order valence-corrected chi connectivity index (χ0v) is 79.1. The minimum absolute atomic E-state index is 0.0137. The highest BCUT2D eigenvalue weighted by Crippen LogP contribution is 2.41. The summed E-state index contributed by atoms with van der Waals surface area (Å²) in [5.41, 5.74) is 14.4. The van der Waals surface area contributed by atoms with Gasteiger partial charge < -0.3 is 104 Å². The minimum Gasteiger partial charge on any atom is -0.508 e. The van der Waals surface area contributed by atoms with Gasteiger partial charge in [0, 0.05) is 89.2 Å². The predicted octanol–water partition coefficient (Wildman–Crippen LogP) is 2.48. The van der Waals surface area contributed by atoms with Crippen molar-refractivity contribution in [2.75, 3.05) is 65.5 Å². The number of likely N-dealkylation sites (N-methyl/N-ethyl adjacent to an activating group) is 3. The summed E-state index contributed by atoms with van der Waals surface area (Å²) in [6.45, 7) is 6.34. The molecule has 0 bridgehead atoms. The molecule has 7 aromatic rings. The van der Waals surface area contributed by atoms with Gasteiger partial charge in [-0.2, -0.15) is 0 Å². The number of ether oxygens (including phenoxy) is 1. The number of rotatable bonds is 48. The number of aromatic hydroxyl groups is 1. The van der Waals surface area contributed by atoms with E-state index < -0.39 is 264 Å². The summed E-state index contributed by atoms with van der Waals surface area (Å²) in [5.74, 6) is -24.5. The number of aromatic nitrogens is 1. The molecule has 2 aliphatic heterocycles. The summed E-state index contributed by atoms with van der Waals surface area (Å²) in [7, 11) is 3.78. The molecule has 1 aliphatic carbocycles. The lowest BCUT2D eigenvalue weighted by Gasteiger charge is -2.38. The lowest BCUT2D eigenvalue weighted by Crippen LogP contribution is -2.63. The van der Waals surface area contributed by atoms with E-state index in [1.165, 1.54) is 61.2 Å². The molecule has 4 unspecified atom stereocenters. The van der Waals surface area contributed by atoms with Gasteiger partial charge in [-0.1, -0.05) is 150 Å². The van der Waals surface area contributed by atoms with Gasteiger partial charge in [-0.15, -0.1) is 11.8 Å². The first kappa shape index (κ1) is 107. The van der Waals surface area contributed by atoms with Crippen molar-refractivity contribution in [3.05, 3.63) is 208 Å². The predicted molar refractivity (Wildman–Crippen MR) is 502 cm³/mol. The van der Waals surface area contributed by atoms with E-state index in [1.54, 1.807) is 131 Å². The number of likely N-dealkylation sites (tertiary alicyclic amines) is 1. The average molecular weight is 1950 g/mol. The number of Topliss-reactive ketones (excluding diaryl/α,β-unsaturated/α-hetero) is 1. The number of amides is 14. The molecule has 0 radical (unpaired) electrons. The standard InChI is InChI=1S/C98H120F4N16O20S/c1-9-10-29-76(97(136)118-49-63(121)45-78(118)91(130)110-73(46-83(124)125)90(129)112-85(53(2)3)98(137)115(7)77(55(5)119)41-56-21-13-11-14-22-56)114(6)96(135)79(42-57-23-15-12-16-24-57)116(8)95(134)74(40-59-37-67(100)84(102)68(101)38-59)107-82(123)52-139-51-75(87(126)106-48-81(104)122)111-93(132)86(65-36-54(65)4)113-89(128)71(43-60-25-17-19-27-66(60)99)108-88(127)72(44-61-47-105-70-28-20-18-26-64(61)70)109-92(131)80-50-138-35-34-117(80)94(133)69(103)39-58-30-32-62(120)33-31-58/h11-28,30-33,37-38,47,53-54,63,65,69,71-80,85-86,105,120-121H,9-10,29,34-36,39-46,48-52,103H2,1-8H3,(H2,104,122)(H,106,126)(H,107,123)(H,108,127)(H,109,131)(H,110,130)(H,111,132)(H,112,129)(H,113,128)(H,124,125)/t54?,63-,65?,69+,71+,72+,73+,74+,75+,76+,77?,78-,79?,80-,85+,86+/m1/s1. The SMILES string of the molecule is CCCC[C@@H](C(=O)N1C[C@H](O)C[C@@H]1C(=O)N[C@@H](CC(=O)O)C(=O)N[C@H](C(=O)N(C)C(Cc1ccccc1)C(C)=O)C(C)C)N(C)C(=O)C(Cc1ccccc1)N(C)C(=O)[C@H](Cc1cc(F)c(F)c(F)c1)NC(=O)CSC[C@H](NC(=O)[C@@H](NC(=O)[C@H](Cc1ccccc1F)NC(=O)[C@H](Cc1c[nH]c2ccccc12)NC(=O)[C@H]1COCCN1C(=O)[C@@H](N)Cc1ccc(O)cc1)C1CC1C)C(=O)NCC(N)=O. The van der Waals surface area contributed by atoms with Gasteiger partial charge >= 0.3 is 5.97 Å². The van der Waals surface area contributed by atoms with E-state index in [1.807, 2.05) is 0 Å². The van der Waals surface area contributed by atoms with E-state index in [0.29, 0.717) is 64.3 Å². The number of aliphatic carboxylic acids is 1. The third-order valence-corrected chi connectivity index (χ3v) is 26.1. The molecule has 14 amide bonds. The summed E-state index contributed by atoms with van der Waals surface area (Å²) >= 11 is 0.648. The van der Waals surface area contributed by atoms with Crippen LogP contribution in [0, 0.1) is 41.0 Å².